The van der Waals surface area contributed by atoms with Crippen LogP contribution >= 0.6 is 23.2 Å². The van der Waals surface area contributed by atoms with E-state index in [4.69, 9.17) is 23.2 Å². The molecule has 0 saturated heterocycles. The van der Waals surface area contributed by atoms with E-state index in [1.165, 1.54) is 0 Å². The van der Waals surface area contributed by atoms with Gasteiger partial charge in [0, 0.05) is 5.56 Å². The molecule has 2 aromatic carbocycles. The predicted molar refractivity (Wildman–Crippen MR) is 88.0 cm³/mol. The number of Topliss-reactive ketones (excluding diaryl/α,β-unsaturated/α-hetero) is 1. The molecule has 1 unspecified atom stereocenters. The Labute approximate surface area is 136 Å². The lowest BCUT2D eigenvalue weighted by Gasteiger charge is -2.07. The molecule has 21 heavy (non-hydrogen) atoms. The van der Waals surface area contributed by atoms with Crippen LogP contribution in [0.15, 0.2) is 41.3 Å². The van der Waals surface area contributed by atoms with Gasteiger partial charge in [-0.15, -0.1) is 0 Å². The summed E-state index contributed by atoms with van der Waals surface area (Å²) in [6.45, 7) is 3.92. The van der Waals surface area contributed by atoms with Crippen molar-refractivity contribution in [2.45, 2.75) is 18.7 Å². The molecule has 0 N–H and O–H groups in total. The van der Waals surface area contributed by atoms with Crippen LogP contribution in [0.4, 0.5) is 0 Å². The highest BCUT2D eigenvalue weighted by Gasteiger charge is 2.17. The molecule has 0 fully saturated rings. The molecule has 5 heteroatoms. The van der Waals surface area contributed by atoms with Crippen LogP contribution in [0.5, 0.6) is 0 Å². The molecule has 0 radical (unpaired) electrons. The zero-order chi connectivity index (χ0) is 15.6. The lowest BCUT2D eigenvalue weighted by molar-refractivity contribution is 0.102. The van der Waals surface area contributed by atoms with Gasteiger partial charge in [0.15, 0.2) is 5.78 Å². The summed E-state index contributed by atoms with van der Waals surface area (Å²) in [5, 5.41) is 0.627. The van der Waals surface area contributed by atoms with Gasteiger partial charge in [0.25, 0.3) is 0 Å². The van der Waals surface area contributed by atoms with Crippen LogP contribution in [0.1, 0.15) is 21.5 Å². The first kappa shape index (κ1) is 16.2. The Morgan fingerprint density at radius 3 is 2.24 bits per heavy atom. The molecule has 2 rings (SSSR count). The highest BCUT2D eigenvalue weighted by atomic mass is 35.5. The van der Waals surface area contributed by atoms with Gasteiger partial charge in [0.05, 0.1) is 31.5 Å². The van der Waals surface area contributed by atoms with Gasteiger partial charge < -0.3 is 0 Å². The number of hydrogen-bond donors (Lipinski definition) is 0. The van der Waals surface area contributed by atoms with E-state index in [1.807, 2.05) is 26.0 Å². The molecule has 0 aliphatic heterocycles. The molecular weight excluding hydrogens is 327 g/mol. The second kappa shape index (κ2) is 6.73. The lowest BCUT2D eigenvalue weighted by atomic mass is 10.0. The Balaban J connectivity index is 2.23. The summed E-state index contributed by atoms with van der Waals surface area (Å²) in [6, 6.07) is 10.3. The minimum Gasteiger partial charge on any atom is -0.293 e. The Hall–Kier alpha value is -1.16. The number of carbonyl (C=O) groups excluding carboxylic acids is 1. The smallest absolute Gasteiger partial charge is 0.175 e. The quantitative estimate of drug-likeness (QED) is 0.762. The summed E-state index contributed by atoms with van der Waals surface area (Å²) in [5.41, 5.74) is 2.69. The monoisotopic (exact) mass is 340 g/mol. The second-order valence-corrected chi connectivity index (χ2v) is 6.97. The molecule has 0 saturated carbocycles. The molecule has 0 aliphatic rings. The number of carbonyl (C=O) groups is 1. The summed E-state index contributed by atoms with van der Waals surface area (Å²) in [7, 11) is -1.56. The molecule has 2 aromatic rings. The molecule has 0 spiro atoms. The summed E-state index contributed by atoms with van der Waals surface area (Å²) >= 11 is 12.0. The van der Waals surface area contributed by atoms with Crippen molar-refractivity contribution in [2.75, 3.05) is 5.75 Å². The average molecular weight is 341 g/mol. The maximum Gasteiger partial charge on any atom is 0.175 e. The molecule has 2 nitrogen and oxygen atoms in total. The minimum absolute atomic E-state index is 0.133. The van der Waals surface area contributed by atoms with Crippen LogP contribution in [0.3, 0.4) is 0 Å². The van der Waals surface area contributed by atoms with E-state index in [-0.39, 0.29) is 11.5 Å². The maximum absolute atomic E-state index is 12.3. The minimum atomic E-state index is -1.56. The van der Waals surface area contributed by atoms with Crippen molar-refractivity contribution in [3.05, 3.63) is 63.1 Å². The van der Waals surface area contributed by atoms with Gasteiger partial charge in [-0.1, -0.05) is 41.4 Å². The van der Waals surface area contributed by atoms with Crippen molar-refractivity contribution in [3.8, 4) is 0 Å². The molecule has 0 bridgehead atoms. The summed E-state index contributed by atoms with van der Waals surface area (Å²) in [6.07, 6.45) is 0. The first-order valence-electron chi connectivity index (χ1n) is 6.33. The van der Waals surface area contributed by atoms with E-state index in [1.54, 1.807) is 24.3 Å². The molecule has 1 atom stereocenters. The number of ketones is 1. The zero-order valence-corrected chi connectivity index (χ0v) is 14.0. The summed E-state index contributed by atoms with van der Waals surface area (Å²) < 4.78 is 12.3. The fourth-order valence-corrected chi connectivity index (χ4v) is 3.92. The van der Waals surface area contributed by atoms with Crippen LogP contribution in [-0.4, -0.2) is 15.7 Å². The third-order valence-corrected chi connectivity index (χ3v) is 5.51. The largest absolute Gasteiger partial charge is 0.293 e. The van der Waals surface area contributed by atoms with Crippen molar-refractivity contribution < 1.29 is 9.00 Å². The molecule has 110 valence electrons. The molecule has 0 amide bonds. The van der Waals surface area contributed by atoms with Gasteiger partial charge in [-0.3, -0.25) is 9.00 Å². The summed E-state index contributed by atoms with van der Waals surface area (Å²) in [4.78, 5) is 12.6. The zero-order valence-electron chi connectivity index (χ0n) is 11.7. The summed E-state index contributed by atoms with van der Waals surface area (Å²) in [5.74, 6) is -0.321. The maximum atomic E-state index is 12.3. The highest BCUT2D eigenvalue weighted by molar-refractivity contribution is 7.86. The Morgan fingerprint density at radius 2 is 1.67 bits per heavy atom. The Bertz CT molecular complexity index is 706. The molecule has 0 aromatic heterocycles. The fourth-order valence-electron chi connectivity index (χ4n) is 1.89. The molecule has 0 heterocycles. The Kier molecular flexibility index (Phi) is 5.20. The van der Waals surface area contributed by atoms with Gasteiger partial charge in [0.2, 0.25) is 0 Å². The van der Waals surface area contributed by atoms with Gasteiger partial charge >= 0.3 is 0 Å². The first-order valence-corrected chi connectivity index (χ1v) is 8.40. The van der Waals surface area contributed by atoms with Crippen molar-refractivity contribution in [1.82, 2.24) is 0 Å². The van der Waals surface area contributed by atoms with E-state index in [9.17, 15) is 9.00 Å². The highest BCUT2D eigenvalue weighted by Crippen LogP contribution is 2.28. The average Bonchev–Trinajstić information content (AvgIpc) is 2.41. The first-order chi connectivity index (χ1) is 9.90. The van der Waals surface area contributed by atoms with E-state index >= 15 is 0 Å². The lowest BCUT2D eigenvalue weighted by Crippen LogP contribution is -2.12. The predicted octanol–water partition coefficient (Wildman–Crippen LogP) is 4.60. The second-order valence-electron chi connectivity index (χ2n) is 4.76. The van der Waals surface area contributed by atoms with E-state index in [0.717, 1.165) is 11.1 Å². The van der Waals surface area contributed by atoms with Crippen molar-refractivity contribution in [1.29, 1.82) is 0 Å². The van der Waals surface area contributed by atoms with E-state index < -0.39 is 10.8 Å². The van der Waals surface area contributed by atoms with Gasteiger partial charge in [-0.2, -0.15) is 0 Å². The number of rotatable bonds is 4. The van der Waals surface area contributed by atoms with Crippen LogP contribution in [0, 0.1) is 13.8 Å². The van der Waals surface area contributed by atoms with Crippen LogP contribution in [0.2, 0.25) is 10.0 Å². The third-order valence-electron chi connectivity index (χ3n) is 3.24. The van der Waals surface area contributed by atoms with Crippen LogP contribution < -0.4 is 0 Å². The standard InChI is InChI=1S/C16H14Cl2O2S/c1-10-6-7-12(8-11(10)2)15(19)9-21(20)16-13(17)4-3-5-14(16)18/h3-8H,9H2,1-2H3. The topological polar surface area (TPSA) is 34.1 Å². The van der Waals surface area contributed by atoms with Crippen molar-refractivity contribution >= 4 is 39.8 Å². The molecular formula is C16H14Cl2O2S. The number of hydrogen-bond acceptors (Lipinski definition) is 2. The van der Waals surface area contributed by atoms with E-state index in [2.05, 4.69) is 0 Å². The number of benzene rings is 2. The third kappa shape index (κ3) is 3.73. The number of halogens is 2. The van der Waals surface area contributed by atoms with Gasteiger partial charge in [-0.25, -0.2) is 0 Å². The number of aryl methyl sites for hydroxylation is 2. The Morgan fingerprint density at radius 1 is 1.05 bits per heavy atom. The van der Waals surface area contributed by atoms with Crippen molar-refractivity contribution in [3.63, 3.8) is 0 Å². The SMILES string of the molecule is Cc1ccc(C(=O)CS(=O)c2c(Cl)cccc2Cl)cc1C. The van der Waals surface area contributed by atoms with E-state index in [0.29, 0.717) is 20.5 Å². The molecule has 0 aliphatic carbocycles. The van der Waals surface area contributed by atoms with Crippen LogP contribution in [0.25, 0.3) is 0 Å². The normalized spacial score (nSPS) is 12.2. The fraction of sp³-hybridized carbons (Fsp3) is 0.188. The van der Waals surface area contributed by atoms with Gasteiger partial charge in [-0.05, 0) is 43.2 Å². The van der Waals surface area contributed by atoms with Crippen LogP contribution in [-0.2, 0) is 10.8 Å². The van der Waals surface area contributed by atoms with Gasteiger partial charge in [0.1, 0.15) is 0 Å². The van der Waals surface area contributed by atoms with Crippen molar-refractivity contribution in [2.24, 2.45) is 0 Å².